The summed E-state index contributed by atoms with van der Waals surface area (Å²) in [5, 5.41) is 0. The lowest BCUT2D eigenvalue weighted by Crippen LogP contribution is -1.95. The van der Waals surface area contributed by atoms with Crippen molar-refractivity contribution >= 4 is 18.4 Å². The fourth-order valence-electron chi connectivity index (χ4n) is 2.42. The van der Waals surface area contributed by atoms with Crippen LogP contribution in [0.3, 0.4) is 0 Å². The molecule has 5 heteroatoms. The number of nitrogens with two attached hydrogens (primary N) is 1. The van der Waals surface area contributed by atoms with E-state index in [1.807, 2.05) is 16.8 Å². The fourth-order valence-corrected chi connectivity index (χ4v) is 2.42. The lowest BCUT2D eigenvalue weighted by molar-refractivity contribution is 1.05. The normalized spacial score (nSPS) is 10.6. The SMILES string of the molecule is C=Nc1cc(-c2cc(N)ncn2)cn1-c1cc(C)ccc1C. The quantitative estimate of drug-likeness (QED) is 0.751. The summed E-state index contributed by atoms with van der Waals surface area (Å²) in [5.41, 5.74) is 10.9. The summed E-state index contributed by atoms with van der Waals surface area (Å²) in [6.45, 7) is 7.81. The summed E-state index contributed by atoms with van der Waals surface area (Å²) >= 11 is 0. The summed E-state index contributed by atoms with van der Waals surface area (Å²) in [6.07, 6.45) is 3.45. The van der Waals surface area contributed by atoms with E-state index in [9.17, 15) is 0 Å². The Morgan fingerprint density at radius 2 is 1.95 bits per heavy atom. The maximum absolute atomic E-state index is 5.73. The third kappa shape index (κ3) is 2.48. The number of nitrogens with zero attached hydrogens (tertiary/aromatic N) is 4. The molecule has 0 saturated heterocycles. The van der Waals surface area contributed by atoms with Crippen LogP contribution in [0, 0.1) is 13.8 Å². The minimum Gasteiger partial charge on any atom is -0.384 e. The first-order valence-corrected chi connectivity index (χ1v) is 6.93. The number of hydrogen-bond acceptors (Lipinski definition) is 4. The van der Waals surface area contributed by atoms with Crippen LogP contribution < -0.4 is 5.73 Å². The molecule has 0 aliphatic heterocycles. The molecular weight excluding hydrogens is 274 g/mol. The molecule has 3 rings (SSSR count). The Morgan fingerprint density at radius 3 is 2.68 bits per heavy atom. The molecule has 0 atom stereocenters. The number of aryl methyl sites for hydroxylation is 2. The molecule has 2 N–H and O–H groups in total. The van der Waals surface area contributed by atoms with Crippen molar-refractivity contribution in [3.8, 4) is 16.9 Å². The van der Waals surface area contributed by atoms with E-state index in [0.29, 0.717) is 5.82 Å². The number of hydrogen-bond donors (Lipinski definition) is 1. The zero-order valence-corrected chi connectivity index (χ0v) is 12.6. The topological polar surface area (TPSA) is 69.1 Å². The molecule has 0 fully saturated rings. The molecule has 0 aliphatic rings. The fraction of sp³-hybridized carbons (Fsp3) is 0.118. The highest BCUT2D eigenvalue weighted by atomic mass is 15.1. The molecule has 0 saturated carbocycles. The average molecular weight is 291 g/mol. The lowest BCUT2D eigenvalue weighted by atomic mass is 10.1. The highest BCUT2D eigenvalue weighted by Crippen LogP contribution is 2.30. The monoisotopic (exact) mass is 291 g/mol. The van der Waals surface area contributed by atoms with Crippen LogP contribution >= 0.6 is 0 Å². The predicted octanol–water partition coefficient (Wildman–Crippen LogP) is 3.47. The van der Waals surface area contributed by atoms with Gasteiger partial charge in [-0.2, -0.15) is 0 Å². The van der Waals surface area contributed by atoms with Gasteiger partial charge in [-0.3, -0.25) is 0 Å². The molecule has 0 radical (unpaired) electrons. The largest absolute Gasteiger partial charge is 0.384 e. The van der Waals surface area contributed by atoms with Gasteiger partial charge in [0, 0.05) is 17.8 Å². The molecule has 0 bridgehead atoms. The summed E-state index contributed by atoms with van der Waals surface area (Å²) in [5.74, 6) is 1.21. The first-order chi connectivity index (χ1) is 10.6. The second-order valence-corrected chi connectivity index (χ2v) is 5.23. The van der Waals surface area contributed by atoms with Crippen LogP contribution in [0.25, 0.3) is 16.9 Å². The average Bonchev–Trinajstić information content (AvgIpc) is 2.94. The maximum Gasteiger partial charge on any atom is 0.137 e. The Morgan fingerprint density at radius 1 is 1.14 bits per heavy atom. The highest BCUT2D eigenvalue weighted by Gasteiger charge is 2.11. The molecule has 5 nitrogen and oxygen atoms in total. The Balaban J connectivity index is 2.17. The number of anilines is 1. The van der Waals surface area contributed by atoms with Crippen molar-refractivity contribution in [1.82, 2.24) is 14.5 Å². The highest BCUT2D eigenvalue weighted by molar-refractivity contribution is 5.68. The van der Waals surface area contributed by atoms with E-state index in [1.165, 1.54) is 17.5 Å². The van der Waals surface area contributed by atoms with Crippen molar-refractivity contribution in [3.05, 3.63) is 54.0 Å². The van der Waals surface area contributed by atoms with Crippen LogP contribution in [0.2, 0.25) is 0 Å². The van der Waals surface area contributed by atoms with Gasteiger partial charge in [0.1, 0.15) is 18.0 Å². The van der Waals surface area contributed by atoms with E-state index < -0.39 is 0 Å². The van der Waals surface area contributed by atoms with Crippen LogP contribution in [-0.4, -0.2) is 21.3 Å². The maximum atomic E-state index is 5.73. The predicted molar refractivity (Wildman–Crippen MR) is 89.9 cm³/mol. The molecule has 110 valence electrons. The Bertz CT molecular complexity index is 848. The third-order valence-corrected chi connectivity index (χ3v) is 3.57. The van der Waals surface area contributed by atoms with Crippen LogP contribution in [-0.2, 0) is 0 Å². The first kappa shape index (κ1) is 14.0. The smallest absolute Gasteiger partial charge is 0.137 e. The van der Waals surface area contributed by atoms with E-state index >= 15 is 0 Å². The Hall–Kier alpha value is -2.95. The van der Waals surface area contributed by atoms with Crippen LogP contribution in [0.1, 0.15) is 11.1 Å². The molecular formula is C17H17N5. The Kier molecular flexibility index (Phi) is 3.47. The molecule has 0 spiro atoms. The first-order valence-electron chi connectivity index (χ1n) is 6.93. The standard InChI is InChI=1S/C17H17N5/c1-11-4-5-12(2)15(6-11)22-9-13(7-17(22)19-3)14-8-16(18)21-10-20-14/h4-10H,3H2,1-2H3,(H2,18,20,21). The summed E-state index contributed by atoms with van der Waals surface area (Å²) in [6, 6.07) is 10.0. The minimum absolute atomic E-state index is 0.442. The molecule has 1 aromatic carbocycles. The Labute approximate surface area is 129 Å². The lowest BCUT2D eigenvalue weighted by Gasteiger charge is -2.10. The van der Waals surface area contributed by atoms with Gasteiger partial charge in [-0.1, -0.05) is 12.1 Å². The van der Waals surface area contributed by atoms with E-state index in [0.717, 1.165) is 22.8 Å². The van der Waals surface area contributed by atoms with Gasteiger partial charge in [-0.05, 0) is 43.8 Å². The number of aromatic nitrogens is 3. The third-order valence-electron chi connectivity index (χ3n) is 3.57. The van der Waals surface area contributed by atoms with Crippen molar-refractivity contribution in [1.29, 1.82) is 0 Å². The van der Waals surface area contributed by atoms with Gasteiger partial charge >= 0.3 is 0 Å². The van der Waals surface area contributed by atoms with Gasteiger partial charge < -0.3 is 10.3 Å². The zero-order chi connectivity index (χ0) is 15.7. The molecule has 0 aliphatic carbocycles. The van der Waals surface area contributed by atoms with Gasteiger partial charge in [-0.15, -0.1) is 0 Å². The zero-order valence-electron chi connectivity index (χ0n) is 12.6. The summed E-state index contributed by atoms with van der Waals surface area (Å²) in [4.78, 5) is 12.3. The molecule has 0 amide bonds. The van der Waals surface area contributed by atoms with Crippen molar-refractivity contribution in [2.45, 2.75) is 13.8 Å². The molecule has 0 unspecified atom stereocenters. The van der Waals surface area contributed by atoms with E-state index in [-0.39, 0.29) is 0 Å². The van der Waals surface area contributed by atoms with Crippen molar-refractivity contribution in [2.75, 3.05) is 5.73 Å². The number of aliphatic imine (C=N–C) groups is 1. The van der Waals surface area contributed by atoms with E-state index in [1.54, 1.807) is 6.07 Å². The van der Waals surface area contributed by atoms with Crippen LogP contribution in [0.5, 0.6) is 0 Å². The van der Waals surface area contributed by atoms with Crippen molar-refractivity contribution in [2.24, 2.45) is 4.99 Å². The van der Waals surface area contributed by atoms with Gasteiger partial charge in [0.15, 0.2) is 0 Å². The molecule has 2 aromatic heterocycles. The molecule has 3 aromatic rings. The van der Waals surface area contributed by atoms with Crippen LogP contribution in [0.4, 0.5) is 11.6 Å². The van der Waals surface area contributed by atoms with E-state index in [4.69, 9.17) is 5.73 Å². The summed E-state index contributed by atoms with van der Waals surface area (Å²) in [7, 11) is 0. The van der Waals surface area contributed by atoms with Crippen LogP contribution in [0.15, 0.2) is 47.8 Å². The summed E-state index contributed by atoms with van der Waals surface area (Å²) < 4.78 is 2.02. The second-order valence-electron chi connectivity index (χ2n) is 5.23. The van der Waals surface area contributed by atoms with Gasteiger partial charge in [0.25, 0.3) is 0 Å². The minimum atomic E-state index is 0.442. The molecule has 22 heavy (non-hydrogen) atoms. The van der Waals surface area contributed by atoms with Gasteiger partial charge in [0.2, 0.25) is 0 Å². The van der Waals surface area contributed by atoms with E-state index in [2.05, 4.69) is 53.7 Å². The van der Waals surface area contributed by atoms with Gasteiger partial charge in [0.05, 0.1) is 11.4 Å². The number of nitrogen functional groups attached to an aromatic ring is 1. The number of benzene rings is 1. The van der Waals surface area contributed by atoms with Gasteiger partial charge in [-0.25, -0.2) is 15.0 Å². The number of rotatable bonds is 3. The van der Waals surface area contributed by atoms with Crippen molar-refractivity contribution < 1.29 is 0 Å². The molecule has 2 heterocycles. The second kappa shape index (κ2) is 5.44. The van der Waals surface area contributed by atoms with Crippen molar-refractivity contribution in [3.63, 3.8) is 0 Å².